The average Bonchev–Trinajstić information content (AvgIpc) is 2.39. The van der Waals surface area contributed by atoms with Crippen molar-refractivity contribution in [2.24, 2.45) is 4.99 Å². The summed E-state index contributed by atoms with van der Waals surface area (Å²) in [6.45, 7) is 2.87. The summed E-state index contributed by atoms with van der Waals surface area (Å²) in [5.41, 5.74) is 1.28. The van der Waals surface area contributed by atoms with Crippen LogP contribution in [0.25, 0.3) is 0 Å². The topological polar surface area (TPSA) is 24.4 Å². The molecule has 0 saturated heterocycles. The van der Waals surface area contributed by atoms with Crippen molar-refractivity contribution in [3.8, 4) is 0 Å². The van der Waals surface area contributed by atoms with Crippen molar-refractivity contribution in [2.45, 2.75) is 51.6 Å². The van der Waals surface area contributed by atoms with Crippen LogP contribution < -0.4 is 5.32 Å². The number of rotatable bonds is 3. The van der Waals surface area contributed by atoms with Gasteiger partial charge in [0.25, 0.3) is 0 Å². The molecule has 2 nitrogen and oxygen atoms in total. The Kier molecular flexibility index (Phi) is 4.60. The van der Waals surface area contributed by atoms with Crippen molar-refractivity contribution in [3.63, 3.8) is 0 Å². The van der Waals surface area contributed by atoms with E-state index in [1.54, 1.807) is 0 Å². The number of benzene rings is 1. The standard InChI is InChI=1S/C15H22N2/c1-13(17-15-10-6-3-7-11-15)16-12-14-8-4-2-5-9-14/h2,4-5,8-9,15H,3,6-7,10-12H2,1H3,(H,16,17). The van der Waals surface area contributed by atoms with Crippen LogP contribution >= 0.6 is 0 Å². The lowest BCUT2D eigenvalue weighted by Gasteiger charge is -2.23. The molecule has 1 saturated carbocycles. The summed E-state index contributed by atoms with van der Waals surface area (Å²) in [6.07, 6.45) is 6.74. The smallest absolute Gasteiger partial charge is 0.0937 e. The molecule has 0 radical (unpaired) electrons. The highest BCUT2D eigenvalue weighted by atomic mass is 15.0. The molecule has 1 fully saturated rings. The van der Waals surface area contributed by atoms with E-state index in [9.17, 15) is 0 Å². The molecule has 0 heterocycles. The van der Waals surface area contributed by atoms with E-state index in [2.05, 4.69) is 41.5 Å². The Balaban J connectivity index is 1.80. The van der Waals surface area contributed by atoms with Crippen molar-refractivity contribution in [3.05, 3.63) is 35.9 Å². The predicted molar refractivity (Wildman–Crippen MR) is 73.3 cm³/mol. The number of nitrogens with one attached hydrogen (secondary N) is 1. The Morgan fingerprint density at radius 1 is 1.18 bits per heavy atom. The largest absolute Gasteiger partial charge is 0.371 e. The van der Waals surface area contributed by atoms with Gasteiger partial charge in [0, 0.05) is 6.04 Å². The minimum Gasteiger partial charge on any atom is -0.371 e. The zero-order valence-electron chi connectivity index (χ0n) is 10.7. The van der Waals surface area contributed by atoms with Crippen LogP contribution in [0.5, 0.6) is 0 Å². The average molecular weight is 230 g/mol. The van der Waals surface area contributed by atoms with Gasteiger partial charge in [0.2, 0.25) is 0 Å². The maximum absolute atomic E-state index is 4.59. The van der Waals surface area contributed by atoms with E-state index in [-0.39, 0.29) is 0 Å². The van der Waals surface area contributed by atoms with Crippen LogP contribution in [0.2, 0.25) is 0 Å². The van der Waals surface area contributed by atoms with Gasteiger partial charge in [0.1, 0.15) is 0 Å². The second-order valence-electron chi connectivity index (χ2n) is 4.87. The highest BCUT2D eigenvalue weighted by Crippen LogP contribution is 2.17. The number of hydrogen-bond acceptors (Lipinski definition) is 1. The van der Waals surface area contributed by atoms with Crippen LogP contribution in [0, 0.1) is 0 Å². The van der Waals surface area contributed by atoms with Gasteiger partial charge in [0.15, 0.2) is 0 Å². The van der Waals surface area contributed by atoms with Crippen LogP contribution in [0.3, 0.4) is 0 Å². The molecule has 1 N–H and O–H groups in total. The summed E-state index contributed by atoms with van der Waals surface area (Å²) in [5.74, 6) is 1.08. The van der Waals surface area contributed by atoms with Gasteiger partial charge in [-0.3, -0.25) is 4.99 Å². The Bertz CT molecular complexity index is 350. The Hall–Kier alpha value is -1.31. The molecule has 2 rings (SSSR count). The number of aliphatic imine (C=N–C) groups is 1. The highest BCUT2D eigenvalue weighted by molar-refractivity contribution is 5.79. The normalized spacial score (nSPS) is 18.1. The molecule has 1 aliphatic rings. The van der Waals surface area contributed by atoms with Crippen molar-refractivity contribution >= 4 is 5.84 Å². The molecule has 1 aliphatic carbocycles. The number of amidine groups is 1. The fraction of sp³-hybridized carbons (Fsp3) is 0.533. The molecular formula is C15H22N2. The lowest BCUT2D eigenvalue weighted by Crippen LogP contribution is -2.34. The molecule has 0 atom stereocenters. The molecule has 1 aromatic carbocycles. The van der Waals surface area contributed by atoms with Crippen LogP contribution in [0.1, 0.15) is 44.6 Å². The molecule has 0 aliphatic heterocycles. The monoisotopic (exact) mass is 230 g/mol. The molecule has 17 heavy (non-hydrogen) atoms. The summed E-state index contributed by atoms with van der Waals surface area (Å²) < 4.78 is 0. The van der Waals surface area contributed by atoms with Crippen molar-refractivity contribution in [1.82, 2.24) is 5.32 Å². The van der Waals surface area contributed by atoms with Gasteiger partial charge in [-0.25, -0.2) is 0 Å². The van der Waals surface area contributed by atoms with E-state index in [0.29, 0.717) is 6.04 Å². The quantitative estimate of drug-likeness (QED) is 0.623. The fourth-order valence-electron chi connectivity index (χ4n) is 2.38. The predicted octanol–water partition coefficient (Wildman–Crippen LogP) is 3.53. The van der Waals surface area contributed by atoms with Crippen molar-refractivity contribution in [2.75, 3.05) is 0 Å². The maximum atomic E-state index is 4.59. The molecule has 0 unspecified atom stereocenters. The van der Waals surface area contributed by atoms with Crippen molar-refractivity contribution < 1.29 is 0 Å². The molecular weight excluding hydrogens is 208 g/mol. The second kappa shape index (κ2) is 6.43. The molecule has 0 spiro atoms. The zero-order chi connectivity index (χ0) is 11.9. The van der Waals surface area contributed by atoms with Gasteiger partial charge < -0.3 is 5.32 Å². The van der Waals surface area contributed by atoms with Crippen LogP contribution in [0.15, 0.2) is 35.3 Å². The summed E-state index contributed by atoms with van der Waals surface area (Å²) in [4.78, 5) is 4.59. The van der Waals surface area contributed by atoms with E-state index in [0.717, 1.165) is 12.4 Å². The third-order valence-electron chi connectivity index (χ3n) is 3.36. The van der Waals surface area contributed by atoms with Gasteiger partial charge in [-0.1, -0.05) is 49.6 Å². The summed E-state index contributed by atoms with van der Waals surface area (Å²) >= 11 is 0. The first-order chi connectivity index (χ1) is 8.34. The Labute approximate surface area is 104 Å². The van der Waals surface area contributed by atoms with Crippen molar-refractivity contribution in [1.29, 1.82) is 0 Å². The fourth-order valence-corrected chi connectivity index (χ4v) is 2.38. The van der Waals surface area contributed by atoms with E-state index in [4.69, 9.17) is 0 Å². The third kappa shape index (κ3) is 4.22. The van der Waals surface area contributed by atoms with Gasteiger partial charge in [-0.15, -0.1) is 0 Å². The van der Waals surface area contributed by atoms with Crippen LogP contribution in [-0.2, 0) is 6.54 Å². The minimum atomic E-state index is 0.656. The highest BCUT2D eigenvalue weighted by Gasteiger charge is 2.12. The van der Waals surface area contributed by atoms with Crippen LogP contribution in [0.4, 0.5) is 0 Å². The SMILES string of the molecule is CC(=NCc1ccccc1)NC1CCCCC1. The van der Waals surface area contributed by atoms with E-state index in [1.165, 1.54) is 37.7 Å². The van der Waals surface area contributed by atoms with Gasteiger partial charge in [0.05, 0.1) is 12.4 Å². The lowest BCUT2D eigenvalue weighted by molar-refractivity contribution is 0.412. The maximum Gasteiger partial charge on any atom is 0.0937 e. The first-order valence-electron chi connectivity index (χ1n) is 6.66. The van der Waals surface area contributed by atoms with Gasteiger partial charge in [-0.05, 0) is 25.3 Å². The van der Waals surface area contributed by atoms with E-state index >= 15 is 0 Å². The van der Waals surface area contributed by atoms with Crippen LogP contribution in [-0.4, -0.2) is 11.9 Å². The molecule has 0 amide bonds. The van der Waals surface area contributed by atoms with E-state index < -0.39 is 0 Å². The summed E-state index contributed by atoms with van der Waals surface area (Å²) in [5, 5.41) is 3.54. The van der Waals surface area contributed by atoms with E-state index in [1.807, 2.05) is 6.07 Å². The minimum absolute atomic E-state index is 0.656. The second-order valence-corrected chi connectivity index (χ2v) is 4.87. The summed E-state index contributed by atoms with van der Waals surface area (Å²) in [7, 11) is 0. The zero-order valence-corrected chi connectivity index (χ0v) is 10.7. The van der Waals surface area contributed by atoms with Gasteiger partial charge >= 0.3 is 0 Å². The molecule has 1 aromatic rings. The Morgan fingerprint density at radius 2 is 1.88 bits per heavy atom. The molecule has 0 aromatic heterocycles. The molecule has 0 bridgehead atoms. The molecule has 92 valence electrons. The number of nitrogens with zero attached hydrogens (tertiary/aromatic N) is 1. The third-order valence-corrected chi connectivity index (χ3v) is 3.36. The van der Waals surface area contributed by atoms with Gasteiger partial charge in [-0.2, -0.15) is 0 Å². The Morgan fingerprint density at radius 3 is 2.59 bits per heavy atom. The first-order valence-corrected chi connectivity index (χ1v) is 6.66. The molecule has 2 heteroatoms. The lowest BCUT2D eigenvalue weighted by atomic mass is 9.95. The number of hydrogen-bond donors (Lipinski definition) is 1. The summed E-state index contributed by atoms with van der Waals surface area (Å²) in [6, 6.07) is 11.1. The first kappa shape index (κ1) is 12.2.